The van der Waals surface area contributed by atoms with Crippen molar-refractivity contribution in [2.45, 2.75) is 71.9 Å². The first-order chi connectivity index (χ1) is 22.2. The Kier molecular flexibility index (Phi) is 12.1. The summed E-state index contributed by atoms with van der Waals surface area (Å²) in [6.07, 6.45) is 1.34. The highest BCUT2D eigenvalue weighted by Crippen LogP contribution is 2.22. The van der Waals surface area contributed by atoms with Gasteiger partial charge in [0.15, 0.2) is 0 Å². The zero-order chi connectivity index (χ0) is 33.1. The van der Waals surface area contributed by atoms with E-state index in [2.05, 4.69) is 10.3 Å². The summed E-state index contributed by atoms with van der Waals surface area (Å²) >= 11 is 0. The molecule has 0 fully saturated rings. The van der Waals surface area contributed by atoms with E-state index in [0.29, 0.717) is 42.8 Å². The highest BCUT2D eigenvalue weighted by molar-refractivity contribution is 6.07. The van der Waals surface area contributed by atoms with Gasteiger partial charge in [-0.15, -0.1) is 0 Å². The summed E-state index contributed by atoms with van der Waals surface area (Å²) in [5, 5.41) is 3.37. The molecule has 0 bridgehead atoms. The van der Waals surface area contributed by atoms with Gasteiger partial charge in [0, 0.05) is 44.5 Å². The number of amides is 1. The molecule has 0 spiro atoms. The Labute approximate surface area is 268 Å². The number of benzene rings is 2. The molecule has 2 heterocycles. The lowest BCUT2D eigenvalue weighted by Crippen LogP contribution is -2.34. The van der Waals surface area contributed by atoms with Crippen LogP contribution in [0.15, 0.2) is 66.9 Å². The number of pyridine rings is 1. The number of rotatable bonds is 15. The molecule has 2 atom stereocenters. The van der Waals surface area contributed by atoms with Crippen LogP contribution in [0.25, 0.3) is 11.0 Å². The quantitative estimate of drug-likeness (QED) is 0.124. The fraction of sp³-hybridized carbons (Fsp3) is 0.382. The number of fused-ring (bicyclic) bond motifs is 1. The van der Waals surface area contributed by atoms with Crippen LogP contribution in [-0.2, 0) is 39.1 Å². The maximum Gasteiger partial charge on any atom is 0.511 e. The van der Waals surface area contributed by atoms with Crippen molar-refractivity contribution in [3.05, 3.63) is 83.8 Å². The smallest absolute Gasteiger partial charge is 0.431 e. The number of esters is 1. The Morgan fingerprint density at radius 3 is 2.48 bits per heavy atom. The van der Waals surface area contributed by atoms with Crippen LogP contribution >= 0.6 is 0 Å². The van der Waals surface area contributed by atoms with Gasteiger partial charge in [-0.1, -0.05) is 38.5 Å². The van der Waals surface area contributed by atoms with E-state index < -0.39 is 18.4 Å². The van der Waals surface area contributed by atoms with Crippen molar-refractivity contribution in [3.63, 3.8) is 0 Å². The molecule has 0 aliphatic rings. The average molecular weight is 631 g/mol. The predicted molar refractivity (Wildman–Crippen MR) is 175 cm³/mol. The third kappa shape index (κ3) is 9.04. The van der Waals surface area contributed by atoms with Crippen molar-refractivity contribution in [1.82, 2.24) is 14.5 Å². The van der Waals surface area contributed by atoms with Gasteiger partial charge < -0.3 is 29.8 Å². The molecule has 12 heteroatoms. The lowest BCUT2D eigenvalue weighted by molar-refractivity contribution is -0.168. The zero-order valence-electron chi connectivity index (χ0n) is 26.8. The number of carbonyl (C=O) groups excluding carboxylic acids is 3. The van der Waals surface area contributed by atoms with E-state index in [4.69, 9.17) is 24.9 Å². The molecule has 0 aliphatic carbocycles. The lowest BCUT2D eigenvalue weighted by atomic mass is 10.1. The fourth-order valence-corrected chi connectivity index (χ4v) is 4.91. The maximum atomic E-state index is 13.8. The van der Waals surface area contributed by atoms with Gasteiger partial charge in [-0.25, -0.2) is 14.8 Å². The molecule has 0 radical (unpaired) electrons. The number of nitrogens with zero attached hydrogens (tertiary/aromatic N) is 4. The normalized spacial score (nSPS) is 12.3. The third-order valence-corrected chi connectivity index (χ3v) is 7.46. The molecule has 2 unspecified atom stereocenters. The molecule has 2 aromatic carbocycles. The van der Waals surface area contributed by atoms with E-state index in [1.54, 1.807) is 36.5 Å². The van der Waals surface area contributed by atoms with Crippen molar-refractivity contribution in [1.29, 1.82) is 0 Å². The number of hydrogen-bond donors (Lipinski definition) is 2. The summed E-state index contributed by atoms with van der Waals surface area (Å²) in [5.41, 5.74) is 9.61. The van der Waals surface area contributed by atoms with E-state index in [1.807, 2.05) is 55.8 Å². The van der Waals surface area contributed by atoms with Gasteiger partial charge in [-0.05, 0) is 60.9 Å². The van der Waals surface area contributed by atoms with Gasteiger partial charge >= 0.3 is 12.1 Å². The van der Waals surface area contributed by atoms with Crippen LogP contribution < -0.4 is 16.0 Å². The lowest BCUT2D eigenvalue weighted by Gasteiger charge is -2.22. The Hall–Kier alpha value is -4.97. The second-order valence-corrected chi connectivity index (χ2v) is 10.8. The van der Waals surface area contributed by atoms with Gasteiger partial charge in [0.1, 0.15) is 17.7 Å². The SMILES string of the molecule is CCCC(CC)OC(=O)OC(C)OC(=O)CCN(C(=O)c1ccc2c(c1)nc(CNc1ccc(CN)cc1)n2C)c1ccccn1. The third-order valence-electron chi connectivity index (χ3n) is 7.46. The van der Waals surface area contributed by atoms with Crippen LogP contribution in [0.3, 0.4) is 0 Å². The topological polar surface area (TPSA) is 151 Å². The van der Waals surface area contributed by atoms with Gasteiger partial charge in [-0.3, -0.25) is 14.5 Å². The second-order valence-electron chi connectivity index (χ2n) is 10.8. The van der Waals surface area contributed by atoms with Crippen LogP contribution in [0.2, 0.25) is 0 Å². The van der Waals surface area contributed by atoms with E-state index in [-0.39, 0.29) is 25.0 Å². The summed E-state index contributed by atoms with van der Waals surface area (Å²) in [4.78, 5) is 49.1. The van der Waals surface area contributed by atoms with E-state index in [0.717, 1.165) is 29.0 Å². The molecule has 46 heavy (non-hydrogen) atoms. The Bertz CT molecular complexity index is 1610. The molecule has 4 rings (SSSR count). The minimum Gasteiger partial charge on any atom is -0.431 e. The Morgan fingerprint density at radius 2 is 1.80 bits per heavy atom. The second kappa shape index (κ2) is 16.4. The van der Waals surface area contributed by atoms with Gasteiger partial charge in [0.05, 0.1) is 24.0 Å². The molecule has 0 saturated heterocycles. The first-order valence-electron chi connectivity index (χ1n) is 15.5. The standard InChI is InChI=1S/C34H42N6O6/c1-5-9-27(6-2)46-34(43)45-23(3)44-32(41)17-19-40(30-10-7-8-18-36-30)33(42)25-13-16-29-28(20-25)38-31(39(29)4)22-37-26-14-11-24(21-35)12-15-26/h7-8,10-16,18,20,23,27,37H,5-6,9,17,19,21-22,35H2,1-4H3. The van der Waals surface area contributed by atoms with Crippen LogP contribution in [0, 0.1) is 0 Å². The molecule has 0 aliphatic heterocycles. The van der Waals surface area contributed by atoms with Crippen molar-refractivity contribution in [2.75, 3.05) is 16.8 Å². The molecule has 4 aromatic rings. The highest BCUT2D eigenvalue weighted by atomic mass is 16.8. The molecule has 1 amide bonds. The molecular formula is C34H42N6O6. The molecule has 3 N–H and O–H groups in total. The number of carbonyl (C=O) groups is 3. The largest absolute Gasteiger partial charge is 0.511 e. The number of aryl methyl sites for hydroxylation is 1. The first-order valence-corrected chi connectivity index (χ1v) is 15.5. The number of anilines is 2. The summed E-state index contributed by atoms with van der Waals surface area (Å²) in [6.45, 7) is 6.30. The summed E-state index contributed by atoms with van der Waals surface area (Å²) in [5.74, 6) is 0.168. The zero-order valence-corrected chi connectivity index (χ0v) is 26.8. The minimum atomic E-state index is -1.15. The van der Waals surface area contributed by atoms with Crippen LogP contribution in [0.4, 0.5) is 16.3 Å². The molecule has 0 saturated carbocycles. The number of imidazole rings is 1. The Morgan fingerprint density at radius 1 is 1.02 bits per heavy atom. The van der Waals surface area contributed by atoms with Crippen LogP contribution in [-0.4, -0.2) is 51.5 Å². The number of ether oxygens (including phenoxy) is 3. The minimum absolute atomic E-state index is 0.0153. The Balaban J connectivity index is 1.42. The van der Waals surface area contributed by atoms with Gasteiger partial charge in [0.2, 0.25) is 6.29 Å². The number of nitrogens with two attached hydrogens (primary N) is 1. The van der Waals surface area contributed by atoms with E-state index >= 15 is 0 Å². The summed E-state index contributed by atoms with van der Waals surface area (Å²) in [7, 11) is 1.93. The van der Waals surface area contributed by atoms with E-state index in [9.17, 15) is 14.4 Å². The fourth-order valence-electron chi connectivity index (χ4n) is 4.91. The number of aromatic nitrogens is 3. The molecule has 244 valence electrons. The average Bonchev–Trinajstić information content (AvgIpc) is 3.38. The molecule has 12 nitrogen and oxygen atoms in total. The van der Waals surface area contributed by atoms with Crippen molar-refractivity contribution in [2.24, 2.45) is 12.8 Å². The molecule has 2 aromatic heterocycles. The number of nitrogens with one attached hydrogen (secondary N) is 1. The summed E-state index contributed by atoms with van der Waals surface area (Å²) in [6, 6.07) is 18.4. The predicted octanol–water partition coefficient (Wildman–Crippen LogP) is 5.70. The van der Waals surface area contributed by atoms with Crippen molar-refractivity contribution >= 4 is 40.6 Å². The van der Waals surface area contributed by atoms with E-state index in [1.165, 1.54) is 11.8 Å². The van der Waals surface area contributed by atoms with Crippen molar-refractivity contribution in [3.8, 4) is 0 Å². The van der Waals surface area contributed by atoms with Gasteiger partial charge in [-0.2, -0.15) is 0 Å². The van der Waals surface area contributed by atoms with Crippen LogP contribution in [0.1, 0.15) is 68.2 Å². The van der Waals surface area contributed by atoms with Crippen molar-refractivity contribution < 1.29 is 28.6 Å². The summed E-state index contributed by atoms with van der Waals surface area (Å²) < 4.78 is 17.6. The first kappa shape index (κ1) is 33.9. The molecular weight excluding hydrogens is 588 g/mol. The number of hydrogen-bond acceptors (Lipinski definition) is 10. The highest BCUT2D eigenvalue weighted by Gasteiger charge is 2.23. The van der Waals surface area contributed by atoms with Crippen LogP contribution in [0.5, 0.6) is 0 Å². The monoisotopic (exact) mass is 630 g/mol. The van der Waals surface area contributed by atoms with Gasteiger partial charge in [0.25, 0.3) is 5.91 Å². The maximum absolute atomic E-state index is 13.8.